The molecule has 9 nitrogen and oxygen atoms in total. The maximum atomic E-state index is 12.5. The van der Waals surface area contributed by atoms with E-state index in [0.29, 0.717) is 29.0 Å². The summed E-state index contributed by atoms with van der Waals surface area (Å²) >= 11 is 0. The highest BCUT2D eigenvalue weighted by molar-refractivity contribution is 5.94. The lowest BCUT2D eigenvalue weighted by Gasteiger charge is -2.30. The third kappa shape index (κ3) is 3.63. The number of benzene rings is 3. The Kier molecular flexibility index (Phi) is 5.25. The minimum atomic E-state index is -1.52. The van der Waals surface area contributed by atoms with Gasteiger partial charge in [-0.1, -0.05) is 59.2 Å². The molecule has 0 radical (unpaired) electrons. The first-order valence-corrected chi connectivity index (χ1v) is 11.7. The Hall–Kier alpha value is -4.94. The van der Waals surface area contributed by atoms with Crippen molar-refractivity contribution in [3.63, 3.8) is 0 Å². The van der Waals surface area contributed by atoms with Crippen LogP contribution in [-0.4, -0.2) is 39.7 Å². The van der Waals surface area contributed by atoms with Gasteiger partial charge in [0.2, 0.25) is 0 Å². The molecule has 1 unspecified atom stereocenters. The summed E-state index contributed by atoms with van der Waals surface area (Å²) in [5.41, 5.74) is 4.78. The molecule has 1 N–H and O–H groups in total. The van der Waals surface area contributed by atoms with Gasteiger partial charge in [0.25, 0.3) is 5.78 Å². The molecule has 37 heavy (non-hydrogen) atoms. The molecule has 0 saturated carbocycles. The number of aliphatic hydroxyl groups is 1. The van der Waals surface area contributed by atoms with Crippen molar-refractivity contribution in [1.82, 2.24) is 34.6 Å². The lowest BCUT2D eigenvalue weighted by molar-refractivity contribution is 0.117. The van der Waals surface area contributed by atoms with E-state index >= 15 is 0 Å². The predicted octanol–water partition coefficient (Wildman–Crippen LogP) is 3.73. The van der Waals surface area contributed by atoms with Gasteiger partial charge in [-0.25, -0.2) is 9.97 Å². The number of hydrogen-bond donors (Lipinski definition) is 1. The highest BCUT2D eigenvalue weighted by Crippen LogP contribution is 2.39. The average Bonchev–Trinajstić information content (AvgIpc) is 3.57. The van der Waals surface area contributed by atoms with Gasteiger partial charge in [0.1, 0.15) is 0 Å². The predicted molar refractivity (Wildman–Crippen MR) is 137 cm³/mol. The molecular formula is C28H22N8O. The quantitative estimate of drug-likeness (QED) is 0.394. The lowest BCUT2D eigenvalue weighted by atomic mass is 9.82. The molecule has 3 heterocycles. The molecule has 0 aliphatic heterocycles. The summed E-state index contributed by atoms with van der Waals surface area (Å²) in [4.78, 5) is 9.05. The van der Waals surface area contributed by atoms with Gasteiger partial charge < -0.3 is 9.67 Å². The number of nitrogens with zero attached hydrogens (tertiary/aromatic N) is 8. The van der Waals surface area contributed by atoms with Gasteiger partial charge >= 0.3 is 0 Å². The third-order valence-electron chi connectivity index (χ3n) is 6.70. The molecule has 6 rings (SSSR count). The van der Waals surface area contributed by atoms with Crippen molar-refractivity contribution in [3.05, 3.63) is 107 Å². The summed E-state index contributed by atoms with van der Waals surface area (Å²) in [6.45, 7) is 2.03. The smallest absolute Gasteiger partial charge is 0.274 e. The maximum absolute atomic E-state index is 12.5. The highest BCUT2D eigenvalue weighted by Gasteiger charge is 2.37. The summed E-state index contributed by atoms with van der Waals surface area (Å²) in [7, 11) is 1.85. The van der Waals surface area contributed by atoms with Crippen LogP contribution in [0.3, 0.4) is 0 Å². The molecule has 0 bridgehead atoms. The normalized spacial score (nSPS) is 13.0. The number of nitriles is 1. The van der Waals surface area contributed by atoms with E-state index in [0.717, 1.165) is 33.3 Å². The number of aromatic nitrogens is 7. The Bertz CT molecular complexity index is 1810. The Labute approximate surface area is 212 Å². The first-order valence-electron chi connectivity index (χ1n) is 11.7. The second-order valence-electron chi connectivity index (χ2n) is 9.08. The fourth-order valence-electron chi connectivity index (χ4n) is 4.84. The zero-order valence-electron chi connectivity index (χ0n) is 20.2. The molecule has 9 heteroatoms. The van der Waals surface area contributed by atoms with Crippen molar-refractivity contribution in [1.29, 1.82) is 5.26 Å². The second-order valence-corrected chi connectivity index (χ2v) is 9.08. The maximum Gasteiger partial charge on any atom is 0.274 e. The van der Waals surface area contributed by atoms with E-state index in [9.17, 15) is 5.11 Å². The van der Waals surface area contributed by atoms with E-state index in [1.807, 2.05) is 74.6 Å². The van der Waals surface area contributed by atoms with E-state index in [4.69, 9.17) is 10.2 Å². The van der Waals surface area contributed by atoms with Gasteiger partial charge in [0, 0.05) is 18.0 Å². The van der Waals surface area contributed by atoms with Crippen LogP contribution in [0.25, 0.3) is 27.9 Å². The number of aryl methyl sites for hydroxylation is 2. The average molecular weight is 487 g/mol. The van der Waals surface area contributed by atoms with Crippen molar-refractivity contribution >= 4 is 16.7 Å². The molecule has 0 aliphatic rings. The molecule has 0 fully saturated rings. The van der Waals surface area contributed by atoms with E-state index in [-0.39, 0.29) is 0 Å². The molecule has 180 valence electrons. The van der Waals surface area contributed by atoms with Gasteiger partial charge in [-0.3, -0.25) is 0 Å². The van der Waals surface area contributed by atoms with Gasteiger partial charge in [-0.2, -0.15) is 9.78 Å². The monoisotopic (exact) mass is 486 g/mol. The van der Waals surface area contributed by atoms with E-state index < -0.39 is 5.60 Å². The van der Waals surface area contributed by atoms with Crippen molar-refractivity contribution in [2.24, 2.45) is 7.05 Å². The molecule has 1 atom stereocenters. The summed E-state index contributed by atoms with van der Waals surface area (Å²) in [5, 5.41) is 34.4. The Morgan fingerprint density at radius 3 is 2.57 bits per heavy atom. The van der Waals surface area contributed by atoms with Crippen molar-refractivity contribution in [2.45, 2.75) is 18.9 Å². The van der Waals surface area contributed by atoms with Gasteiger partial charge in [-0.05, 0) is 52.2 Å². The van der Waals surface area contributed by atoms with Crippen LogP contribution in [0.2, 0.25) is 0 Å². The van der Waals surface area contributed by atoms with Crippen LogP contribution < -0.4 is 0 Å². The van der Waals surface area contributed by atoms with Crippen LogP contribution in [0.15, 0.2) is 79.3 Å². The fraction of sp³-hybridized carbons (Fsp3) is 0.143. The molecule has 3 aromatic heterocycles. The molecule has 0 spiro atoms. The van der Waals surface area contributed by atoms with Gasteiger partial charge in [-0.15, -0.1) is 0 Å². The Morgan fingerprint density at radius 2 is 1.84 bits per heavy atom. The van der Waals surface area contributed by atoms with Crippen LogP contribution in [0.5, 0.6) is 0 Å². The lowest BCUT2D eigenvalue weighted by Crippen LogP contribution is -2.31. The third-order valence-corrected chi connectivity index (χ3v) is 6.70. The summed E-state index contributed by atoms with van der Waals surface area (Å²) in [6.07, 6.45) is 3.63. The van der Waals surface area contributed by atoms with Crippen molar-refractivity contribution in [3.8, 4) is 17.3 Å². The number of rotatable bonds is 5. The summed E-state index contributed by atoms with van der Waals surface area (Å²) < 4.78 is 3.40. The van der Waals surface area contributed by atoms with Crippen LogP contribution in [0.4, 0.5) is 0 Å². The molecule has 0 saturated heterocycles. The topological polar surface area (TPSA) is 118 Å². The Balaban J connectivity index is 1.64. The van der Waals surface area contributed by atoms with Crippen molar-refractivity contribution in [2.75, 3.05) is 0 Å². The number of imidazole rings is 1. The molecule has 0 aliphatic carbocycles. The molecular weight excluding hydrogens is 464 g/mol. The first-order chi connectivity index (χ1) is 18.0. The van der Waals surface area contributed by atoms with E-state index in [2.05, 4.69) is 32.6 Å². The number of tetrazole rings is 1. The van der Waals surface area contributed by atoms with Crippen LogP contribution >= 0.6 is 0 Å². The standard InChI is InChI=1S/C28H22N8O/c1-18-4-3-5-20(14-18)26-23-15-22(10-11-24(23)36-27(31-26)32-33-34-36)28(37,25-16-30-17-35(25)2)21-8-6-19(7-9-21)12-13-29/h3-11,14-17,37H,12H2,1-2H3. The molecule has 0 amide bonds. The zero-order valence-corrected chi connectivity index (χ0v) is 20.2. The number of fused-ring (bicyclic) bond motifs is 3. The summed E-state index contributed by atoms with van der Waals surface area (Å²) in [5.74, 6) is 0.395. The highest BCUT2D eigenvalue weighted by atomic mass is 16.3. The van der Waals surface area contributed by atoms with Crippen LogP contribution in [0.1, 0.15) is 27.9 Å². The number of hydrogen-bond acceptors (Lipinski definition) is 7. The fourth-order valence-corrected chi connectivity index (χ4v) is 4.84. The molecule has 3 aromatic carbocycles. The zero-order chi connectivity index (χ0) is 25.6. The van der Waals surface area contributed by atoms with E-state index in [1.54, 1.807) is 21.6 Å². The SMILES string of the molecule is Cc1cccc(-c2nc3nnnn3c3ccc(C(O)(c4ccc(CC#N)cc4)c4cncn4C)cc23)c1. The van der Waals surface area contributed by atoms with E-state index in [1.165, 1.54) is 0 Å². The van der Waals surface area contributed by atoms with Gasteiger partial charge in [0.15, 0.2) is 5.60 Å². The minimum Gasteiger partial charge on any atom is -0.374 e. The second kappa shape index (κ2) is 8.62. The Morgan fingerprint density at radius 1 is 1.03 bits per heavy atom. The minimum absolute atomic E-state index is 0.299. The van der Waals surface area contributed by atoms with Crippen molar-refractivity contribution < 1.29 is 5.11 Å². The first kappa shape index (κ1) is 22.5. The van der Waals surface area contributed by atoms with Crippen LogP contribution in [0, 0.1) is 18.3 Å². The van der Waals surface area contributed by atoms with Crippen LogP contribution in [-0.2, 0) is 19.1 Å². The van der Waals surface area contributed by atoms with Gasteiger partial charge in [0.05, 0.1) is 41.9 Å². The summed E-state index contributed by atoms with van der Waals surface area (Å²) in [6, 6.07) is 23.4. The molecule has 6 aromatic rings. The largest absolute Gasteiger partial charge is 0.374 e.